The van der Waals surface area contributed by atoms with Crippen molar-refractivity contribution in [1.29, 1.82) is 0 Å². The summed E-state index contributed by atoms with van der Waals surface area (Å²) >= 11 is 0. The quantitative estimate of drug-likeness (QED) is 0.873. The highest BCUT2D eigenvalue weighted by atomic mass is 32.2. The zero-order valence-corrected chi connectivity index (χ0v) is 10.3. The normalized spacial score (nSPS) is 18.4. The molecule has 0 saturated heterocycles. The zero-order valence-electron chi connectivity index (χ0n) is 9.53. The van der Waals surface area contributed by atoms with Crippen molar-refractivity contribution in [3.8, 4) is 0 Å². The first-order chi connectivity index (χ1) is 7.43. The summed E-state index contributed by atoms with van der Waals surface area (Å²) in [6, 6.07) is 5.14. The Morgan fingerprint density at radius 1 is 1.25 bits per heavy atom. The Balaban J connectivity index is 2.48. The Morgan fingerprint density at radius 3 is 2.31 bits per heavy atom. The number of benzene rings is 1. The van der Waals surface area contributed by atoms with Crippen LogP contribution in [0.2, 0.25) is 0 Å². The fourth-order valence-electron chi connectivity index (χ4n) is 1.78. The third-order valence-corrected chi connectivity index (χ3v) is 6.01. The van der Waals surface area contributed by atoms with E-state index in [9.17, 15) is 13.5 Å². The lowest BCUT2D eigenvalue weighted by atomic mass is 10.1. The highest BCUT2D eigenvalue weighted by Crippen LogP contribution is 2.46. The monoisotopic (exact) mass is 240 g/mol. The van der Waals surface area contributed by atoms with Crippen LogP contribution in [0.25, 0.3) is 0 Å². The summed E-state index contributed by atoms with van der Waals surface area (Å²) < 4.78 is 23.6. The van der Waals surface area contributed by atoms with E-state index in [1.54, 1.807) is 12.1 Å². The second-order valence-electron chi connectivity index (χ2n) is 4.59. The summed E-state index contributed by atoms with van der Waals surface area (Å²) in [4.78, 5) is 0.335. The molecule has 1 N–H and O–H groups in total. The van der Waals surface area contributed by atoms with Gasteiger partial charge in [0.1, 0.15) is 0 Å². The molecule has 0 heterocycles. The van der Waals surface area contributed by atoms with E-state index in [1.165, 1.54) is 0 Å². The van der Waals surface area contributed by atoms with Gasteiger partial charge in [-0.1, -0.05) is 6.07 Å². The van der Waals surface area contributed by atoms with Crippen LogP contribution in [0.5, 0.6) is 0 Å². The third kappa shape index (κ3) is 1.57. The molecule has 16 heavy (non-hydrogen) atoms. The van der Waals surface area contributed by atoms with Crippen LogP contribution >= 0.6 is 0 Å². The maximum Gasteiger partial charge on any atom is 0.186 e. The molecule has 2 rings (SSSR count). The minimum Gasteiger partial charge on any atom is -0.395 e. The number of hydrogen-bond acceptors (Lipinski definition) is 3. The maximum atomic E-state index is 12.3. The Bertz CT molecular complexity index is 513. The van der Waals surface area contributed by atoms with Crippen LogP contribution in [0.15, 0.2) is 23.1 Å². The van der Waals surface area contributed by atoms with E-state index < -0.39 is 14.6 Å². The summed E-state index contributed by atoms with van der Waals surface area (Å²) in [5.41, 5.74) is 2.04. The molecule has 0 aromatic heterocycles. The second kappa shape index (κ2) is 3.57. The van der Waals surface area contributed by atoms with Crippen LogP contribution in [0.4, 0.5) is 0 Å². The maximum absolute atomic E-state index is 12.3. The van der Waals surface area contributed by atoms with Gasteiger partial charge in [0.2, 0.25) is 0 Å². The molecule has 0 atom stereocenters. The second-order valence-corrected chi connectivity index (χ2v) is 6.93. The fourth-order valence-corrected chi connectivity index (χ4v) is 3.67. The van der Waals surface area contributed by atoms with Crippen molar-refractivity contribution < 1.29 is 13.5 Å². The van der Waals surface area contributed by atoms with Crippen molar-refractivity contribution in [3.05, 3.63) is 29.3 Å². The van der Waals surface area contributed by atoms with Gasteiger partial charge in [-0.3, -0.25) is 0 Å². The smallest absolute Gasteiger partial charge is 0.186 e. The van der Waals surface area contributed by atoms with Crippen LogP contribution < -0.4 is 0 Å². The van der Waals surface area contributed by atoms with Gasteiger partial charge in [-0.05, 0) is 49.9 Å². The molecule has 1 aromatic carbocycles. The molecule has 4 heteroatoms. The SMILES string of the molecule is Cc1ccc(S(=O)(=O)C2(CO)CC2)cc1C. The molecule has 1 aliphatic rings. The Morgan fingerprint density at radius 2 is 1.88 bits per heavy atom. The minimum atomic E-state index is -3.37. The van der Waals surface area contributed by atoms with E-state index in [0.717, 1.165) is 11.1 Å². The number of aryl methyl sites for hydroxylation is 2. The zero-order chi connectivity index (χ0) is 12.0. The van der Waals surface area contributed by atoms with E-state index >= 15 is 0 Å². The van der Waals surface area contributed by atoms with Gasteiger partial charge < -0.3 is 5.11 Å². The van der Waals surface area contributed by atoms with Gasteiger partial charge >= 0.3 is 0 Å². The Kier molecular flexibility index (Phi) is 2.59. The van der Waals surface area contributed by atoms with Crippen LogP contribution in [0.1, 0.15) is 24.0 Å². The average molecular weight is 240 g/mol. The van der Waals surface area contributed by atoms with Crippen LogP contribution in [0.3, 0.4) is 0 Å². The van der Waals surface area contributed by atoms with Crippen molar-refractivity contribution >= 4 is 9.84 Å². The van der Waals surface area contributed by atoms with E-state index in [0.29, 0.717) is 17.7 Å². The molecule has 1 fully saturated rings. The van der Waals surface area contributed by atoms with Gasteiger partial charge in [0, 0.05) is 0 Å². The molecule has 1 aromatic rings. The van der Waals surface area contributed by atoms with Gasteiger partial charge in [0.25, 0.3) is 0 Å². The van der Waals surface area contributed by atoms with Gasteiger partial charge in [0.15, 0.2) is 9.84 Å². The van der Waals surface area contributed by atoms with Crippen molar-refractivity contribution in [3.63, 3.8) is 0 Å². The lowest BCUT2D eigenvalue weighted by molar-refractivity contribution is 0.283. The summed E-state index contributed by atoms with van der Waals surface area (Å²) in [6.07, 6.45) is 1.14. The molecule has 0 aliphatic heterocycles. The molecule has 0 spiro atoms. The number of aliphatic hydroxyl groups is 1. The molecule has 0 unspecified atom stereocenters. The first kappa shape index (κ1) is 11.6. The Labute approximate surface area is 96.0 Å². The van der Waals surface area contributed by atoms with Crippen molar-refractivity contribution in [2.45, 2.75) is 36.3 Å². The summed E-state index contributed by atoms with van der Waals surface area (Å²) in [7, 11) is -3.37. The summed E-state index contributed by atoms with van der Waals surface area (Å²) in [6.45, 7) is 3.57. The van der Waals surface area contributed by atoms with Crippen LogP contribution in [-0.4, -0.2) is 24.9 Å². The lowest BCUT2D eigenvalue weighted by Gasteiger charge is -2.14. The topological polar surface area (TPSA) is 54.4 Å². The first-order valence-corrected chi connectivity index (χ1v) is 6.84. The lowest BCUT2D eigenvalue weighted by Crippen LogP contribution is -2.27. The third-order valence-electron chi connectivity index (χ3n) is 3.45. The molecule has 0 amide bonds. The van der Waals surface area contributed by atoms with Crippen LogP contribution in [-0.2, 0) is 9.84 Å². The first-order valence-electron chi connectivity index (χ1n) is 5.36. The number of hydrogen-bond donors (Lipinski definition) is 1. The van der Waals surface area contributed by atoms with E-state index in [-0.39, 0.29) is 6.61 Å². The van der Waals surface area contributed by atoms with Gasteiger partial charge in [-0.25, -0.2) is 8.42 Å². The van der Waals surface area contributed by atoms with Crippen molar-refractivity contribution in [2.24, 2.45) is 0 Å². The number of aliphatic hydroxyl groups excluding tert-OH is 1. The number of sulfone groups is 1. The van der Waals surface area contributed by atoms with E-state index in [2.05, 4.69) is 0 Å². The average Bonchev–Trinajstić information content (AvgIpc) is 3.02. The van der Waals surface area contributed by atoms with Gasteiger partial charge in [-0.2, -0.15) is 0 Å². The fraction of sp³-hybridized carbons (Fsp3) is 0.500. The van der Waals surface area contributed by atoms with Gasteiger partial charge in [-0.15, -0.1) is 0 Å². The molecule has 0 radical (unpaired) electrons. The van der Waals surface area contributed by atoms with Crippen LogP contribution in [0, 0.1) is 13.8 Å². The molecule has 3 nitrogen and oxygen atoms in total. The molecular formula is C12H16O3S. The number of rotatable bonds is 3. The minimum absolute atomic E-state index is 0.276. The van der Waals surface area contributed by atoms with E-state index in [1.807, 2.05) is 19.9 Å². The highest BCUT2D eigenvalue weighted by molar-refractivity contribution is 7.93. The summed E-state index contributed by atoms with van der Waals surface area (Å²) in [5, 5.41) is 9.20. The highest BCUT2D eigenvalue weighted by Gasteiger charge is 2.54. The molecular weight excluding hydrogens is 224 g/mol. The van der Waals surface area contributed by atoms with E-state index in [4.69, 9.17) is 0 Å². The predicted molar refractivity (Wildman–Crippen MR) is 62.2 cm³/mol. The molecule has 1 saturated carbocycles. The largest absolute Gasteiger partial charge is 0.395 e. The summed E-state index contributed by atoms with van der Waals surface area (Å²) in [5.74, 6) is 0. The molecule has 0 bridgehead atoms. The molecule has 88 valence electrons. The van der Waals surface area contributed by atoms with Gasteiger partial charge in [0.05, 0.1) is 16.2 Å². The standard InChI is InChI=1S/C12H16O3S/c1-9-3-4-11(7-10(9)2)16(14,15)12(8-13)5-6-12/h3-4,7,13H,5-6,8H2,1-2H3. The predicted octanol–water partition coefficient (Wildman–Crippen LogP) is 1.60. The van der Waals surface area contributed by atoms with Crippen molar-refractivity contribution in [2.75, 3.05) is 6.61 Å². The Hall–Kier alpha value is -0.870. The molecule has 1 aliphatic carbocycles. The van der Waals surface area contributed by atoms with Crippen molar-refractivity contribution in [1.82, 2.24) is 0 Å².